The summed E-state index contributed by atoms with van der Waals surface area (Å²) >= 11 is 0. The first-order valence-electron chi connectivity index (χ1n) is 12.2. The first kappa shape index (κ1) is 23.9. The molecule has 0 bridgehead atoms. The Hall–Kier alpha value is -3.27. The van der Waals surface area contributed by atoms with Crippen molar-refractivity contribution in [3.8, 4) is 11.5 Å². The summed E-state index contributed by atoms with van der Waals surface area (Å²) in [5.41, 5.74) is 6.05. The van der Waals surface area contributed by atoms with Crippen molar-refractivity contribution in [3.05, 3.63) is 89.2 Å². The highest BCUT2D eigenvalue weighted by atomic mass is 16.5. The van der Waals surface area contributed by atoms with Crippen LogP contribution in [0.5, 0.6) is 11.5 Å². The van der Waals surface area contributed by atoms with Gasteiger partial charge in [0.2, 0.25) is 0 Å². The predicted molar refractivity (Wildman–Crippen MR) is 140 cm³/mol. The van der Waals surface area contributed by atoms with Crippen molar-refractivity contribution in [2.45, 2.75) is 66.0 Å². The van der Waals surface area contributed by atoms with E-state index in [0.717, 1.165) is 47.7 Å². The second-order valence-electron chi connectivity index (χ2n) is 10.1. The second-order valence-corrected chi connectivity index (χ2v) is 10.1. The molecule has 0 aliphatic carbocycles. The number of para-hydroxylation sites is 2. The van der Waals surface area contributed by atoms with Crippen LogP contribution in [0.15, 0.2) is 66.7 Å². The van der Waals surface area contributed by atoms with Crippen molar-refractivity contribution >= 4 is 11.0 Å². The van der Waals surface area contributed by atoms with E-state index in [9.17, 15) is 0 Å². The number of imidazole rings is 1. The van der Waals surface area contributed by atoms with Crippen LogP contribution in [0.2, 0.25) is 0 Å². The molecule has 0 atom stereocenters. The number of hydrogen-bond donors (Lipinski definition) is 0. The topological polar surface area (TPSA) is 36.3 Å². The van der Waals surface area contributed by atoms with Gasteiger partial charge in [0.1, 0.15) is 23.9 Å². The fraction of sp³-hybridized carbons (Fsp3) is 0.367. The van der Waals surface area contributed by atoms with Crippen molar-refractivity contribution in [2.24, 2.45) is 0 Å². The lowest BCUT2D eigenvalue weighted by Gasteiger charge is -2.19. The Bertz CT molecular complexity index is 1230. The monoisotopic (exact) mass is 456 g/mol. The van der Waals surface area contributed by atoms with E-state index in [1.807, 2.05) is 6.07 Å². The van der Waals surface area contributed by atoms with Gasteiger partial charge >= 0.3 is 0 Å². The largest absolute Gasteiger partial charge is 0.493 e. The van der Waals surface area contributed by atoms with Gasteiger partial charge < -0.3 is 14.0 Å². The Balaban J connectivity index is 1.38. The number of fused-ring (bicyclic) bond motifs is 1. The van der Waals surface area contributed by atoms with Crippen LogP contribution in [0.1, 0.15) is 56.1 Å². The van der Waals surface area contributed by atoms with Gasteiger partial charge in [0.25, 0.3) is 0 Å². The third kappa shape index (κ3) is 5.80. The molecule has 1 aromatic heterocycles. The molecule has 4 nitrogen and oxygen atoms in total. The van der Waals surface area contributed by atoms with Gasteiger partial charge in [0, 0.05) is 6.54 Å². The number of nitrogens with zero attached hydrogens (tertiary/aromatic N) is 2. The van der Waals surface area contributed by atoms with E-state index in [-0.39, 0.29) is 5.41 Å². The Morgan fingerprint density at radius 3 is 2.35 bits per heavy atom. The quantitative estimate of drug-likeness (QED) is 0.246. The summed E-state index contributed by atoms with van der Waals surface area (Å²) in [5, 5.41) is 0. The molecule has 0 fully saturated rings. The van der Waals surface area contributed by atoms with Gasteiger partial charge in [-0.3, -0.25) is 0 Å². The highest BCUT2D eigenvalue weighted by Gasteiger charge is 2.14. The number of ether oxygens (including phenoxy) is 2. The van der Waals surface area contributed by atoms with Crippen LogP contribution < -0.4 is 9.47 Å². The van der Waals surface area contributed by atoms with E-state index < -0.39 is 0 Å². The highest BCUT2D eigenvalue weighted by molar-refractivity contribution is 5.75. The van der Waals surface area contributed by atoms with Crippen LogP contribution in [0.3, 0.4) is 0 Å². The Labute approximate surface area is 203 Å². The minimum Gasteiger partial charge on any atom is -0.493 e. The van der Waals surface area contributed by atoms with Gasteiger partial charge in [-0.15, -0.1) is 0 Å². The molecule has 4 rings (SSSR count). The molecule has 0 aliphatic heterocycles. The van der Waals surface area contributed by atoms with Gasteiger partial charge in [0.15, 0.2) is 0 Å². The van der Waals surface area contributed by atoms with Crippen LogP contribution in [0.4, 0.5) is 0 Å². The molecule has 0 amide bonds. The maximum Gasteiger partial charge on any atom is 0.147 e. The van der Waals surface area contributed by atoms with Crippen molar-refractivity contribution in [3.63, 3.8) is 0 Å². The van der Waals surface area contributed by atoms with Crippen LogP contribution in [-0.2, 0) is 18.6 Å². The molecule has 34 heavy (non-hydrogen) atoms. The SMILES string of the molecule is Cc1ccc(OCCCCn2c(COc3ccc(C(C)(C)C)cc3)nc3ccccc32)c(C)c1. The number of aryl methyl sites for hydroxylation is 3. The summed E-state index contributed by atoms with van der Waals surface area (Å²) in [7, 11) is 0. The Morgan fingerprint density at radius 2 is 1.62 bits per heavy atom. The molecule has 4 aromatic rings. The molecule has 3 aromatic carbocycles. The van der Waals surface area contributed by atoms with E-state index in [2.05, 4.69) is 99.8 Å². The van der Waals surface area contributed by atoms with Crippen LogP contribution in [-0.4, -0.2) is 16.2 Å². The minimum absolute atomic E-state index is 0.133. The predicted octanol–water partition coefficient (Wildman–Crippen LogP) is 7.39. The lowest BCUT2D eigenvalue weighted by Crippen LogP contribution is -2.11. The van der Waals surface area contributed by atoms with Crippen molar-refractivity contribution in [1.82, 2.24) is 9.55 Å². The van der Waals surface area contributed by atoms with E-state index in [0.29, 0.717) is 13.2 Å². The van der Waals surface area contributed by atoms with Gasteiger partial charge in [-0.25, -0.2) is 4.98 Å². The smallest absolute Gasteiger partial charge is 0.147 e. The second kappa shape index (κ2) is 10.3. The van der Waals surface area contributed by atoms with Crippen molar-refractivity contribution < 1.29 is 9.47 Å². The van der Waals surface area contributed by atoms with Gasteiger partial charge in [-0.1, -0.05) is 62.7 Å². The van der Waals surface area contributed by atoms with Crippen molar-refractivity contribution in [1.29, 1.82) is 0 Å². The summed E-state index contributed by atoms with van der Waals surface area (Å²) < 4.78 is 14.4. The molecule has 0 saturated heterocycles. The third-order valence-electron chi connectivity index (χ3n) is 6.19. The zero-order valence-corrected chi connectivity index (χ0v) is 21.1. The zero-order valence-electron chi connectivity index (χ0n) is 21.1. The van der Waals surface area contributed by atoms with Crippen LogP contribution >= 0.6 is 0 Å². The minimum atomic E-state index is 0.133. The molecular weight excluding hydrogens is 420 g/mol. The first-order valence-corrected chi connectivity index (χ1v) is 12.2. The van der Waals surface area contributed by atoms with Gasteiger partial charge in [0.05, 0.1) is 17.6 Å². The standard InChI is InChI=1S/C30H36N2O2/c1-22-12-17-28(23(2)20-22)33-19-9-8-18-32-27-11-7-6-10-26(27)31-29(32)21-34-25-15-13-24(14-16-25)30(3,4)5/h6-7,10-17,20H,8-9,18-19,21H2,1-5H3. The van der Waals surface area contributed by atoms with Crippen molar-refractivity contribution in [2.75, 3.05) is 6.61 Å². The maximum absolute atomic E-state index is 6.13. The number of benzene rings is 3. The molecule has 0 spiro atoms. The molecule has 0 aliphatic rings. The molecule has 4 heteroatoms. The maximum atomic E-state index is 6.13. The molecule has 0 unspecified atom stereocenters. The first-order chi connectivity index (χ1) is 16.3. The average Bonchev–Trinajstić information content (AvgIpc) is 3.16. The summed E-state index contributed by atoms with van der Waals surface area (Å²) in [6, 6.07) is 23.0. The fourth-order valence-electron chi connectivity index (χ4n) is 4.20. The third-order valence-corrected chi connectivity index (χ3v) is 6.19. The van der Waals surface area contributed by atoms with E-state index in [1.165, 1.54) is 16.7 Å². The number of unbranched alkanes of at least 4 members (excludes halogenated alkanes) is 1. The lowest BCUT2D eigenvalue weighted by atomic mass is 9.87. The van der Waals surface area contributed by atoms with Gasteiger partial charge in [-0.2, -0.15) is 0 Å². The highest BCUT2D eigenvalue weighted by Crippen LogP contribution is 2.25. The number of aromatic nitrogens is 2. The summed E-state index contributed by atoms with van der Waals surface area (Å²) in [4.78, 5) is 4.86. The Morgan fingerprint density at radius 1 is 0.853 bits per heavy atom. The summed E-state index contributed by atoms with van der Waals surface area (Å²) in [6.07, 6.45) is 1.99. The number of hydrogen-bond acceptors (Lipinski definition) is 3. The number of rotatable bonds is 9. The fourth-order valence-corrected chi connectivity index (χ4v) is 4.20. The molecule has 1 heterocycles. The van der Waals surface area contributed by atoms with E-state index in [4.69, 9.17) is 14.5 Å². The molecule has 178 valence electrons. The lowest BCUT2D eigenvalue weighted by molar-refractivity contribution is 0.284. The normalized spacial score (nSPS) is 11.7. The molecular formula is C30H36N2O2. The zero-order chi connectivity index (χ0) is 24.1. The Kier molecular flexibility index (Phi) is 7.26. The van der Waals surface area contributed by atoms with E-state index in [1.54, 1.807) is 0 Å². The van der Waals surface area contributed by atoms with Crippen LogP contribution in [0.25, 0.3) is 11.0 Å². The van der Waals surface area contributed by atoms with Crippen LogP contribution in [0, 0.1) is 13.8 Å². The summed E-state index contributed by atoms with van der Waals surface area (Å²) in [5.74, 6) is 2.80. The summed E-state index contributed by atoms with van der Waals surface area (Å²) in [6.45, 7) is 12.9. The molecule has 0 N–H and O–H groups in total. The molecule has 0 radical (unpaired) electrons. The van der Waals surface area contributed by atoms with E-state index >= 15 is 0 Å². The van der Waals surface area contributed by atoms with Gasteiger partial charge in [-0.05, 0) is 73.6 Å². The average molecular weight is 457 g/mol. The molecule has 0 saturated carbocycles.